The maximum atomic E-state index is 11.9. The first kappa shape index (κ1) is 32.1. The number of unbranched alkanes of at least 4 members (excludes halogenated alkanes) is 12. The van der Waals surface area contributed by atoms with Crippen molar-refractivity contribution in [1.82, 2.24) is 0 Å². The third-order valence-corrected chi connectivity index (χ3v) is 5.60. The van der Waals surface area contributed by atoms with Gasteiger partial charge in [0.15, 0.2) is 6.10 Å². The van der Waals surface area contributed by atoms with Crippen molar-refractivity contribution in [3.63, 3.8) is 0 Å². The Morgan fingerprint density at radius 2 is 1.21 bits per heavy atom. The highest BCUT2D eigenvalue weighted by atomic mass is 16.6. The van der Waals surface area contributed by atoms with E-state index in [9.17, 15) is 19.5 Å². The van der Waals surface area contributed by atoms with Crippen LogP contribution >= 0.6 is 0 Å². The topological polar surface area (TPSA) is 110 Å². The Kier molecular flexibility index (Phi) is 22.9. The van der Waals surface area contributed by atoms with Gasteiger partial charge in [0, 0.05) is 19.3 Å². The summed E-state index contributed by atoms with van der Waals surface area (Å²) in [7, 11) is 0. The predicted octanol–water partition coefficient (Wildman–Crippen LogP) is 6.12. The Labute approximate surface area is 206 Å². The zero-order valence-electron chi connectivity index (χ0n) is 21.3. The molecule has 0 heterocycles. The van der Waals surface area contributed by atoms with E-state index in [2.05, 4.69) is 19.1 Å². The van der Waals surface area contributed by atoms with Crippen molar-refractivity contribution in [3.05, 3.63) is 12.2 Å². The molecule has 0 aromatic carbocycles. The molecule has 0 amide bonds. The number of carboxylic acid groups (broad SMARTS) is 1. The molecule has 7 nitrogen and oxygen atoms in total. The number of carboxylic acids is 1. The lowest BCUT2D eigenvalue weighted by Crippen LogP contribution is -2.28. The second-order valence-corrected chi connectivity index (χ2v) is 8.91. The van der Waals surface area contributed by atoms with Gasteiger partial charge in [0.1, 0.15) is 6.61 Å². The summed E-state index contributed by atoms with van der Waals surface area (Å²) in [6.45, 7) is 1.64. The molecule has 0 aromatic heterocycles. The number of aliphatic carboxylic acids is 1. The van der Waals surface area contributed by atoms with Crippen molar-refractivity contribution in [1.29, 1.82) is 0 Å². The average Bonchev–Trinajstić information content (AvgIpc) is 2.81. The first-order valence-corrected chi connectivity index (χ1v) is 13.3. The largest absolute Gasteiger partial charge is 0.481 e. The Morgan fingerprint density at radius 3 is 1.79 bits per heavy atom. The summed E-state index contributed by atoms with van der Waals surface area (Å²) in [6, 6.07) is 0. The molecule has 0 bridgehead atoms. The first-order valence-electron chi connectivity index (χ1n) is 13.3. The standard InChI is InChI=1S/C27H48O7/c1-2-3-4-5-6-7-8-9-10-11-12-13-14-15-16-21-27(32)34-24(22-28)23-33-26(31)20-18-17-19-25(29)30/h9-10,24,28H,2-8,11-23H2,1H3,(H,29,30)/b10-9-. The molecule has 0 aromatic rings. The Bertz CT molecular complexity index is 545. The van der Waals surface area contributed by atoms with Crippen molar-refractivity contribution in [3.8, 4) is 0 Å². The highest BCUT2D eigenvalue weighted by Crippen LogP contribution is 2.11. The van der Waals surface area contributed by atoms with E-state index in [4.69, 9.17) is 14.6 Å². The van der Waals surface area contributed by atoms with Crippen LogP contribution in [0.3, 0.4) is 0 Å². The molecule has 198 valence electrons. The van der Waals surface area contributed by atoms with Crippen molar-refractivity contribution in [2.75, 3.05) is 13.2 Å². The summed E-state index contributed by atoms with van der Waals surface area (Å²) in [6.07, 6.45) is 20.4. The van der Waals surface area contributed by atoms with Crippen LogP contribution in [0.25, 0.3) is 0 Å². The first-order chi connectivity index (χ1) is 16.5. The number of hydrogen-bond acceptors (Lipinski definition) is 6. The van der Waals surface area contributed by atoms with E-state index >= 15 is 0 Å². The fourth-order valence-corrected chi connectivity index (χ4v) is 3.51. The molecule has 34 heavy (non-hydrogen) atoms. The summed E-state index contributed by atoms with van der Waals surface area (Å²) in [5, 5.41) is 17.9. The molecule has 1 unspecified atom stereocenters. The van der Waals surface area contributed by atoms with E-state index in [1.807, 2.05) is 0 Å². The quantitative estimate of drug-likeness (QED) is 0.0965. The third-order valence-electron chi connectivity index (χ3n) is 5.60. The van der Waals surface area contributed by atoms with Gasteiger partial charge in [0.25, 0.3) is 0 Å². The number of aliphatic hydroxyl groups is 1. The van der Waals surface area contributed by atoms with E-state index in [-0.39, 0.29) is 25.9 Å². The van der Waals surface area contributed by atoms with Gasteiger partial charge in [-0.15, -0.1) is 0 Å². The normalized spacial score (nSPS) is 12.1. The molecule has 0 saturated heterocycles. The highest BCUT2D eigenvalue weighted by Gasteiger charge is 2.16. The molecule has 0 aliphatic heterocycles. The fourth-order valence-electron chi connectivity index (χ4n) is 3.51. The van der Waals surface area contributed by atoms with E-state index in [0.717, 1.165) is 32.1 Å². The summed E-state index contributed by atoms with van der Waals surface area (Å²) >= 11 is 0. The fraction of sp³-hybridized carbons (Fsp3) is 0.815. The molecule has 0 spiro atoms. The molecule has 0 aliphatic rings. The van der Waals surface area contributed by atoms with Gasteiger partial charge in [-0.25, -0.2) is 0 Å². The molecule has 0 rings (SSSR count). The van der Waals surface area contributed by atoms with Crippen LogP contribution in [-0.2, 0) is 23.9 Å². The molecule has 2 N–H and O–H groups in total. The zero-order valence-corrected chi connectivity index (χ0v) is 21.3. The number of aliphatic hydroxyl groups excluding tert-OH is 1. The van der Waals surface area contributed by atoms with Crippen LogP contribution in [0.15, 0.2) is 12.2 Å². The van der Waals surface area contributed by atoms with Crippen molar-refractivity contribution in [2.24, 2.45) is 0 Å². The van der Waals surface area contributed by atoms with Crippen molar-refractivity contribution in [2.45, 2.75) is 129 Å². The van der Waals surface area contributed by atoms with Crippen LogP contribution in [0.1, 0.15) is 122 Å². The Hall–Kier alpha value is -1.89. The second-order valence-electron chi connectivity index (χ2n) is 8.91. The number of esters is 2. The van der Waals surface area contributed by atoms with Crippen LogP contribution < -0.4 is 0 Å². The van der Waals surface area contributed by atoms with Gasteiger partial charge in [-0.1, -0.05) is 70.4 Å². The Balaban J connectivity index is 3.60. The third kappa shape index (κ3) is 23.3. The summed E-state index contributed by atoms with van der Waals surface area (Å²) in [5.74, 6) is -1.78. The number of hydrogen-bond donors (Lipinski definition) is 2. The van der Waals surface area contributed by atoms with Crippen LogP contribution in [0.5, 0.6) is 0 Å². The maximum absolute atomic E-state index is 11.9. The van der Waals surface area contributed by atoms with Gasteiger partial charge in [-0.3, -0.25) is 14.4 Å². The summed E-state index contributed by atoms with van der Waals surface area (Å²) in [5.41, 5.74) is 0. The van der Waals surface area contributed by atoms with E-state index in [1.165, 1.54) is 51.4 Å². The number of carbonyl (C=O) groups is 3. The lowest BCUT2D eigenvalue weighted by molar-refractivity contribution is -0.161. The monoisotopic (exact) mass is 484 g/mol. The molecule has 1 atom stereocenters. The molecule has 0 saturated carbocycles. The minimum absolute atomic E-state index is 0.0144. The van der Waals surface area contributed by atoms with E-state index in [0.29, 0.717) is 12.8 Å². The number of rotatable bonds is 24. The highest BCUT2D eigenvalue weighted by molar-refractivity contribution is 5.70. The number of carbonyl (C=O) groups excluding carboxylic acids is 2. The van der Waals surface area contributed by atoms with Gasteiger partial charge in [0.2, 0.25) is 0 Å². The summed E-state index contributed by atoms with van der Waals surface area (Å²) < 4.78 is 10.2. The molecular weight excluding hydrogens is 436 g/mol. The average molecular weight is 485 g/mol. The minimum atomic E-state index is -0.896. The smallest absolute Gasteiger partial charge is 0.306 e. The van der Waals surface area contributed by atoms with Crippen molar-refractivity contribution >= 4 is 17.9 Å². The lowest BCUT2D eigenvalue weighted by atomic mass is 10.1. The van der Waals surface area contributed by atoms with E-state index in [1.54, 1.807) is 0 Å². The van der Waals surface area contributed by atoms with Gasteiger partial charge in [-0.05, 0) is 44.9 Å². The molecule has 0 fully saturated rings. The number of allylic oxidation sites excluding steroid dienone is 2. The maximum Gasteiger partial charge on any atom is 0.306 e. The Morgan fingerprint density at radius 1 is 0.706 bits per heavy atom. The van der Waals surface area contributed by atoms with Crippen LogP contribution in [0.4, 0.5) is 0 Å². The lowest BCUT2D eigenvalue weighted by Gasteiger charge is -2.15. The van der Waals surface area contributed by atoms with Crippen LogP contribution in [0.2, 0.25) is 0 Å². The second kappa shape index (κ2) is 24.2. The van der Waals surface area contributed by atoms with Gasteiger partial charge in [-0.2, -0.15) is 0 Å². The summed E-state index contributed by atoms with van der Waals surface area (Å²) in [4.78, 5) is 34.0. The number of ether oxygens (including phenoxy) is 2. The van der Waals surface area contributed by atoms with E-state index < -0.39 is 30.6 Å². The van der Waals surface area contributed by atoms with Crippen LogP contribution in [0, 0.1) is 0 Å². The van der Waals surface area contributed by atoms with Crippen molar-refractivity contribution < 1.29 is 34.1 Å². The van der Waals surface area contributed by atoms with Gasteiger partial charge < -0.3 is 19.7 Å². The molecule has 0 aliphatic carbocycles. The predicted molar refractivity (Wildman–Crippen MR) is 133 cm³/mol. The molecule has 7 heteroatoms. The molecular formula is C27H48O7. The minimum Gasteiger partial charge on any atom is -0.481 e. The molecule has 0 radical (unpaired) electrons. The SMILES string of the molecule is CCCCCCCC/C=C\CCCCCCCC(=O)OC(CO)COC(=O)CCCCC(=O)O. The van der Waals surface area contributed by atoms with Crippen LogP contribution in [-0.4, -0.2) is 47.4 Å². The zero-order chi connectivity index (χ0) is 25.3. The van der Waals surface area contributed by atoms with Gasteiger partial charge >= 0.3 is 17.9 Å². The van der Waals surface area contributed by atoms with Gasteiger partial charge in [0.05, 0.1) is 6.61 Å².